The molecule has 18 heavy (non-hydrogen) atoms. The van der Waals surface area contributed by atoms with Gasteiger partial charge in [0.1, 0.15) is 16.6 Å². The molecule has 0 saturated heterocycles. The number of nitrogens with two attached hydrogens (primary N) is 2. The second-order valence-corrected chi connectivity index (χ2v) is 5.86. The third-order valence-electron chi connectivity index (χ3n) is 2.07. The predicted octanol–water partition coefficient (Wildman–Crippen LogP) is -0.490. The summed E-state index contributed by atoms with van der Waals surface area (Å²) < 4.78 is 21.5. The summed E-state index contributed by atoms with van der Waals surface area (Å²) in [6.07, 6.45) is 1.91. The minimum Gasteiger partial charge on any atom is -0.389 e. The van der Waals surface area contributed by atoms with Gasteiger partial charge in [0.2, 0.25) is 10.0 Å². The van der Waals surface area contributed by atoms with Gasteiger partial charge in [0.25, 0.3) is 0 Å². The van der Waals surface area contributed by atoms with Gasteiger partial charge in [0, 0.05) is 12.7 Å². The van der Waals surface area contributed by atoms with Crippen LogP contribution in [0.3, 0.4) is 0 Å². The Labute approximate surface area is 111 Å². The Balaban J connectivity index is 2.66. The number of rotatable bonds is 6. The van der Waals surface area contributed by atoms with Gasteiger partial charge in [0.05, 0.1) is 11.3 Å². The SMILES string of the molecule is Cc1ncc(C(N)=S)c(NCCCS(N)(=O)=O)n1. The van der Waals surface area contributed by atoms with Crippen LogP contribution in [0.4, 0.5) is 5.82 Å². The molecule has 0 aliphatic rings. The Kier molecular flexibility index (Phi) is 4.93. The maximum atomic E-state index is 10.8. The molecule has 5 N–H and O–H groups in total. The topological polar surface area (TPSA) is 124 Å². The van der Waals surface area contributed by atoms with Crippen LogP contribution in [0, 0.1) is 6.92 Å². The lowest BCUT2D eigenvalue weighted by Crippen LogP contribution is -2.20. The molecule has 9 heteroatoms. The van der Waals surface area contributed by atoms with E-state index in [0.29, 0.717) is 30.2 Å². The van der Waals surface area contributed by atoms with Crippen molar-refractivity contribution in [1.29, 1.82) is 0 Å². The van der Waals surface area contributed by atoms with Gasteiger partial charge < -0.3 is 11.1 Å². The third-order valence-corrected chi connectivity index (χ3v) is 3.15. The minimum atomic E-state index is -3.44. The number of primary sulfonamides is 1. The number of hydrogen-bond acceptors (Lipinski definition) is 6. The lowest BCUT2D eigenvalue weighted by atomic mass is 10.3. The van der Waals surface area contributed by atoms with E-state index in [1.807, 2.05) is 0 Å². The lowest BCUT2D eigenvalue weighted by Gasteiger charge is -2.09. The fraction of sp³-hybridized carbons (Fsp3) is 0.444. The summed E-state index contributed by atoms with van der Waals surface area (Å²) in [5.41, 5.74) is 6.07. The van der Waals surface area contributed by atoms with E-state index >= 15 is 0 Å². The molecule has 0 spiro atoms. The molecule has 0 aliphatic carbocycles. The maximum absolute atomic E-state index is 10.8. The van der Waals surface area contributed by atoms with Gasteiger partial charge in [-0.25, -0.2) is 23.5 Å². The second kappa shape index (κ2) is 6.03. The van der Waals surface area contributed by atoms with Crippen LogP contribution in [-0.4, -0.2) is 35.7 Å². The molecule has 1 aromatic rings. The van der Waals surface area contributed by atoms with Crippen molar-refractivity contribution >= 4 is 33.0 Å². The zero-order valence-corrected chi connectivity index (χ0v) is 11.5. The van der Waals surface area contributed by atoms with Crippen molar-refractivity contribution in [3.8, 4) is 0 Å². The number of nitrogens with zero attached hydrogens (tertiary/aromatic N) is 2. The Morgan fingerprint density at radius 3 is 2.78 bits per heavy atom. The molecule has 0 unspecified atom stereocenters. The third kappa shape index (κ3) is 4.90. The summed E-state index contributed by atoms with van der Waals surface area (Å²) in [5.74, 6) is 0.986. The van der Waals surface area contributed by atoms with Gasteiger partial charge in [-0.1, -0.05) is 12.2 Å². The van der Waals surface area contributed by atoms with Crippen molar-refractivity contribution in [3.05, 3.63) is 17.6 Å². The fourth-order valence-corrected chi connectivity index (χ4v) is 1.96. The Bertz CT molecular complexity index is 544. The van der Waals surface area contributed by atoms with Crippen molar-refractivity contribution in [3.63, 3.8) is 0 Å². The maximum Gasteiger partial charge on any atom is 0.209 e. The van der Waals surface area contributed by atoms with Gasteiger partial charge in [0.15, 0.2) is 0 Å². The number of anilines is 1. The summed E-state index contributed by atoms with van der Waals surface area (Å²) in [7, 11) is -3.44. The monoisotopic (exact) mass is 289 g/mol. The molecule has 0 atom stereocenters. The molecule has 0 aliphatic heterocycles. The molecular formula is C9H15N5O2S2. The minimum absolute atomic E-state index is 0.0908. The molecule has 0 amide bonds. The van der Waals surface area contributed by atoms with E-state index in [4.69, 9.17) is 23.1 Å². The summed E-state index contributed by atoms with van der Waals surface area (Å²) in [6.45, 7) is 2.14. The van der Waals surface area contributed by atoms with E-state index in [1.54, 1.807) is 6.92 Å². The van der Waals surface area contributed by atoms with Crippen LogP contribution in [0.25, 0.3) is 0 Å². The van der Waals surface area contributed by atoms with E-state index in [2.05, 4.69) is 15.3 Å². The van der Waals surface area contributed by atoms with Gasteiger partial charge >= 0.3 is 0 Å². The number of thiocarbonyl (C=S) groups is 1. The molecule has 0 saturated carbocycles. The molecule has 0 bridgehead atoms. The highest BCUT2D eigenvalue weighted by atomic mass is 32.2. The van der Waals surface area contributed by atoms with Gasteiger partial charge in [-0.05, 0) is 13.3 Å². The van der Waals surface area contributed by atoms with Crippen LogP contribution < -0.4 is 16.2 Å². The predicted molar refractivity (Wildman–Crippen MR) is 73.7 cm³/mol. The highest BCUT2D eigenvalue weighted by Gasteiger charge is 2.08. The van der Waals surface area contributed by atoms with Crippen LogP contribution in [0.5, 0.6) is 0 Å². The first kappa shape index (κ1) is 14.7. The molecule has 1 rings (SSSR count). The Morgan fingerprint density at radius 2 is 2.22 bits per heavy atom. The average Bonchev–Trinajstić information content (AvgIpc) is 2.22. The van der Waals surface area contributed by atoms with Gasteiger partial charge in [-0.15, -0.1) is 0 Å². The normalized spacial score (nSPS) is 11.2. The molecule has 1 heterocycles. The first-order chi connectivity index (χ1) is 8.29. The summed E-state index contributed by atoms with van der Waals surface area (Å²) in [4.78, 5) is 8.34. The molecule has 7 nitrogen and oxygen atoms in total. The summed E-state index contributed by atoms with van der Waals surface area (Å²) in [6, 6.07) is 0. The standard InChI is InChI=1S/C9H15N5O2S2/c1-6-13-5-7(8(10)17)9(14-6)12-3-2-4-18(11,15)16/h5H,2-4H2,1H3,(H2,10,17)(H2,11,15,16)(H,12,13,14). The van der Waals surface area contributed by atoms with E-state index in [1.165, 1.54) is 6.20 Å². The fourth-order valence-electron chi connectivity index (χ4n) is 1.27. The van der Waals surface area contributed by atoms with E-state index in [0.717, 1.165) is 0 Å². The first-order valence-electron chi connectivity index (χ1n) is 5.17. The Morgan fingerprint density at radius 1 is 1.56 bits per heavy atom. The molecule has 0 fully saturated rings. The van der Waals surface area contributed by atoms with E-state index in [9.17, 15) is 8.42 Å². The highest BCUT2D eigenvalue weighted by Crippen LogP contribution is 2.11. The summed E-state index contributed by atoms with van der Waals surface area (Å²) in [5, 5.41) is 7.86. The largest absolute Gasteiger partial charge is 0.389 e. The first-order valence-corrected chi connectivity index (χ1v) is 7.30. The van der Waals surface area contributed by atoms with Crippen LogP contribution in [0.1, 0.15) is 17.8 Å². The van der Waals surface area contributed by atoms with Gasteiger partial charge in [-0.2, -0.15) is 0 Å². The number of nitrogens with one attached hydrogen (secondary N) is 1. The molecular weight excluding hydrogens is 274 g/mol. The summed E-state index contributed by atoms with van der Waals surface area (Å²) >= 11 is 4.87. The number of hydrogen-bond donors (Lipinski definition) is 3. The quantitative estimate of drug-likeness (QED) is 0.477. The van der Waals surface area contributed by atoms with Crippen molar-refractivity contribution < 1.29 is 8.42 Å². The molecule has 0 radical (unpaired) electrons. The smallest absolute Gasteiger partial charge is 0.209 e. The number of aryl methyl sites for hydroxylation is 1. The van der Waals surface area contributed by atoms with Crippen molar-refractivity contribution in [2.75, 3.05) is 17.6 Å². The zero-order valence-electron chi connectivity index (χ0n) is 9.88. The molecule has 0 aromatic carbocycles. The van der Waals surface area contributed by atoms with Crippen LogP contribution >= 0.6 is 12.2 Å². The van der Waals surface area contributed by atoms with Crippen molar-refractivity contribution in [2.24, 2.45) is 10.9 Å². The van der Waals surface area contributed by atoms with Crippen LogP contribution in [0.2, 0.25) is 0 Å². The van der Waals surface area contributed by atoms with E-state index < -0.39 is 10.0 Å². The average molecular weight is 289 g/mol. The van der Waals surface area contributed by atoms with Crippen LogP contribution in [-0.2, 0) is 10.0 Å². The molecule has 1 aromatic heterocycles. The van der Waals surface area contributed by atoms with Crippen molar-refractivity contribution in [1.82, 2.24) is 9.97 Å². The highest BCUT2D eigenvalue weighted by molar-refractivity contribution is 7.89. The van der Waals surface area contributed by atoms with Crippen LogP contribution in [0.15, 0.2) is 6.20 Å². The van der Waals surface area contributed by atoms with Crippen molar-refractivity contribution in [2.45, 2.75) is 13.3 Å². The zero-order chi connectivity index (χ0) is 13.8. The molecule has 100 valence electrons. The Hall–Kier alpha value is -1.32. The van der Waals surface area contributed by atoms with Gasteiger partial charge in [-0.3, -0.25) is 0 Å². The second-order valence-electron chi connectivity index (χ2n) is 3.69. The number of aromatic nitrogens is 2. The number of sulfonamides is 1. The lowest BCUT2D eigenvalue weighted by molar-refractivity contribution is 0.595. The van der Waals surface area contributed by atoms with E-state index in [-0.39, 0.29) is 10.7 Å².